The van der Waals surface area contributed by atoms with Crippen LogP contribution in [0.1, 0.15) is 28.8 Å². The van der Waals surface area contributed by atoms with Gasteiger partial charge in [-0.15, -0.1) is 17.0 Å². The minimum absolute atomic E-state index is 0. The smallest absolute Gasteiger partial charge is 0.307 e. The Bertz CT molecular complexity index is 551. The highest BCUT2D eigenvalue weighted by atomic mass is 79.9. The Kier molecular flexibility index (Phi) is 6.53. The Hall–Kier alpha value is -1.71. The lowest BCUT2D eigenvalue weighted by Gasteiger charge is -2.29. The van der Waals surface area contributed by atoms with E-state index in [2.05, 4.69) is 0 Å². The van der Waals surface area contributed by atoms with Gasteiger partial charge in [0.15, 0.2) is 5.78 Å². The van der Waals surface area contributed by atoms with Crippen molar-refractivity contribution in [1.29, 1.82) is 5.26 Å². The molecule has 1 unspecified atom stereocenters. The molecule has 1 aliphatic rings. The largest absolute Gasteiger partial charge is 0.481 e. The van der Waals surface area contributed by atoms with Gasteiger partial charge in [0.25, 0.3) is 0 Å². The summed E-state index contributed by atoms with van der Waals surface area (Å²) in [7, 11) is 0. The second-order valence-corrected chi connectivity index (χ2v) is 5.02. The molecule has 1 aromatic carbocycles. The van der Waals surface area contributed by atoms with Crippen LogP contribution in [-0.2, 0) is 4.79 Å². The molecule has 0 aliphatic carbocycles. The monoisotopic (exact) mass is 352 g/mol. The van der Waals surface area contributed by atoms with E-state index >= 15 is 0 Å². The lowest BCUT2D eigenvalue weighted by molar-refractivity contribution is -0.143. The number of Topliss-reactive ketones (excluding diaryl/α,β-unsaturated/α-hetero) is 1. The van der Waals surface area contributed by atoms with Crippen LogP contribution >= 0.6 is 17.0 Å². The van der Waals surface area contributed by atoms with Crippen molar-refractivity contribution in [3.8, 4) is 6.07 Å². The number of ketones is 1. The highest BCUT2D eigenvalue weighted by Crippen LogP contribution is 2.17. The van der Waals surface area contributed by atoms with Crippen molar-refractivity contribution in [3.05, 3.63) is 35.4 Å². The van der Waals surface area contributed by atoms with Gasteiger partial charge in [0, 0.05) is 12.1 Å². The molecule has 112 valence electrons. The summed E-state index contributed by atoms with van der Waals surface area (Å²) in [6.45, 7) is 1.42. The lowest BCUT2D eigenvalue weighted by atomic mass is 9.97. The van der Waals surface area contributed by atoms with Gasteiger partial charge in [-0.25, -0.2) is 0 Å². The van der Waals surface area contributed by atoms with Crippen LogP contribution in [0.4, 0.5) is 0 Å². The number of nitriles is 1. The van der Waals surface area contributed by atoms with Crippen LogP contribution in [0, 0.1) is 17.2 Å². The molecule has 6 heteroatoms. The fourth-order valence-electron chi connectivity index (χ4n) is 2.43. The number of carbonyl (C=O) groups is 2. The maximum Gasteiger partial charge on any atom is 0.307 e. The molecule has 5 nitrogen and oxygen atoms in total. The fraction of sp³-hybridized carbons (Fsp3) is 0.400. The average Bonchev–Trinajstić information content (AvgIpc) is 2.47. The Morgan fingerprint density at radius 3 is 2.57 bits per heavy atom. The maximum atomic E-state index is 12.1. The number of nitrogens with zero attached hydrogens (tertiary/aromatic N) is 2. The van der Waals surface area contributed by atoms with Crippen LogP contribution in [0.15, 0.2) is 24.3 Å². The van der Waals surface area contributed by atoms with Crippen molar-refractivity contribution < 1.29 is 14.7 Å². The molecule has 1 saturated heterocycles. The lowest BCUT2D eigenvalue weighted by Crippen LogP contribution is -2.41. The molecule has 1 heterocycles. The van der Waals surface area contributed by atoms with Gasteiger partial charge < -0.3 is 5.11 Å². The zero-order valence-electron chi connectivity index (χ0n) is 11.5. The van der Waals surface area contributed by atoms with E-state index < -0.39 is 5.97 Å². The molecule has 1 atom stereocenters. The van der Waals surface area contributed by atoms with Crippen molar-refractivity contribution in [2.24, 2.45) is 5.92 Å². The number of carboxylic acid groups (broad SMARTS) is 1. The standard InChI is InChI=1S/C15H16N2O3.BrH/c16-8-11-3-5-12(6-4-11)14(18)10-17-7-1-2-13(9-17)15(19)20;/h3-6,13H,1-2,7,9-10H2,(H,19,20);1H. The van der Waals surface area contributed by atoms with E-state index in [4.69, 9.17) is 10.4 Å². The van der Waals surface area contributed by atoms with Crippen molar-refractivity contribution in [2.75, 3.05) is 19.6 Å². The first-order valence-electron chi connectivity index (χ1n) is 6.58. The van der Waals surface area contributed by atoms with Crippen molar-refractivity contribution in [3.63, 3.8) is 0 Å². The van der Waals surface area contributed by atoms with Crippen LogP contribution in [0.5, 0.6) is 0 Å². The number of halogens is 1. The Labute approximate surface area is 133 Å². The quantitative estimate of drug-likeness (QED) is 0.839. The molecule has 0 spiro atoms. The number of carboxylic acids is 1. The van der Waals surface area contributed by atoms with E-state index in [1.54, 1.807) is 24.3 Å². The highest BCUT2D eigenvalue weighted by Gasteiger charge is 2.26. The van der Waals surface area contributed by atoms with Crippen molar-refractivity contribution in [2.45, 2.75) is 12.8 Å². The first-order valence-corrected chi connectivity index (χ1v) is 6.58. The highest BCUT2D eigenvalue weighted by molar-refractivity contribution is 8.93. The van der Waals surface area contributed by atoms with E-state index in [9.17, 15) is 9.59 Å². The summed E-state index contributed by atoms with van der Waals surface area (Å²) in [5.74, 6) is -1.21. The van der Waals surface area contributed by atoms with Gasteiger partial charge >= 0.3 is 5.97 Å². The molecule has 0 aromatic heterocycles. The number of benzene rings is 1. The third-order valence-corrected chi connectivity index (χ3v) is 3.56. The second kappa shape index (κ2) is 7.91. The molecule has 0 radical (unpaired) electrons. The minimum atomic E-state index is -0.791. The van der Waals surface area contributed by atoms with Crippen LogP contribution in [0.25, 0.3) is 0 Å². The van der Waals surface area contributed by atoms with Crippen molar-refractivity contribution >= 4 is 28.7 Å². The van der Waals surface area contributed by atoms with Crippen LogP contribution in [-0.4, -0.2) is 41.4 Å². The van der Waals surface area contributed by atoms with E-state index in [0.717, 1.165) is 13.0 Å². The summed E-state index contributed by atoms with van der Waals surface area (Å²) >= 11 is 0. The van der Waals surface area contributed by atoms with Crippen LogP contribution < -0.4 is 0 Å². The van der Waals surface area contributed by atoms with Gasteiger partial charge in [-0.2, -0.15) is 5.26 Å². The van der Waals surface area contributed by atoms with Crippen LogP contribution in [0.2, 0.25) is 0 Å². The second-order valence-electron chi connectivity index (χ2n) is 5.02. The third kappa shape index (κ3) is 4.66. The van der Waals surface area contributed by atoms with Gasteiger partial charge in [-0.1, -0.05) is 12.1 Å². The number of aliphatic carboxylic acids is 1. The molecule has 1 aliphatic heterocycles. The first kappa shape index (κ1) is 17.3. The Balaban J connectivity index is 0.00000220. The van der Waals surface area contributed by atoms with Crippen LogP contribution in [0.3, 0.4) is 0 Å². The SMILES string of the molecule is Br.N#Cc1ccc(C(=O)CN2CCCC(C(=O)O)C2)cc1. The topological polar surface area (TPSA) is 81.4 Å². The predicted molar refractivity (Wildman–Crippen MR) is 82.6 cm³/mol. The maximum absolute atomic E-state index is 12.1. The molecular weight excluding hydrogens is 336 g/mol. The molecule has 1 fully saturated rings. The summed E-state index contributed by atoms with van der Waals surface area (Å²) in [6, 6.07) is 8.51. The summed E-state index contributed by atoms with van der Waals surface area (Å²) in [5, 5.41) is 17.7. The summed E-state index contributed by atoms with van der Waals surface area (Å²) in [5.41, 5.74) is 1.08. The van der Waals surface area contributed by atoms with Gasteiger partial charge in [0.2, 0.25) is 0 Å². The number of hydrogen-bond donors (Lipinski definition) is 1. The third-order valence-electron chi connectivity index (χ3n) is 3.56. The van der Waals surface area contributed by atoms with Crippen molar-refractivity contribution in [1.82, 2.24) is 4.90 Å². The number of hydrogen-bond acceptors (Lipinski definition) is 4. The van der Waals surface area contributed by atoms with Gasteiger partial charge in [0.1, 0.15) is 0 Å². The summed E-state index contributed by atoms with van der Waals surface area (Å²) in [4.78, 5) is 25.0. The molecule has 21 heavy (non-hydrogen) atoms. The van der Waals surface area contributed by atoms with Gasteiger partial charge in [0.05, 0.1) is 24.1 Å². The van der Waals surface area contributed by atoms with Gasteiger partial charge in [-0.05, 0) is 31.5 Å². The molecule has 0 amide bonds. The molecule has 2 rings (SSSR count). The van der Waals surface area contributed by atoms with Gasteiger partial charge in [-0.3, -0.25) is 14.5 Å². The number of piperidine rings is 1. The molecule has 0 bridgehead atoms. The number of rotatable bonds is 4. The molecule has 1 aromatic rings. The zero-order valence-corrected chi connectivity index (χ0v) is 13.2. The Morgan fingerprint density at radius 2 is 2.00 bits per heavy atom. The minimum Gasteiger partial charge on any atom is -0.481 e. The first-order chi connectivity index (χ1) is 9.60. The normalized spacial score (nSPS) is 18.3. The van der Waals surface area contributed by atoms with E-state index in [1.807, 2.05) is 11.0 Å². The summed E-state index contributed by atoms with van der Waals surface area (Å²) < 4.78 is 0. The summed E-state index contributed by atoms with van der Waals surface area (Å²) in [6.07, 6.45) is 1.48. The number of likely N-dealkylation sites (tertiary alicyclic amines) is 1. The average molecular weight is 353 g/mol. The van der Waals surface area contributed by atoms with E-state index in [1.165, 1.54) is 0 Å². The fourth-order valence-corrected chi connectivity index (χ4v) is 2.43. The molecule has 1 N–H and O–H groups in total. The predicted octanol–water partition coefficient (Wildman–Crippen LogP) is 2.12. The molecular formula is C15H17BrN2O3. The van der Waals surface area contributed by atoms with E-state index in [0.29, 0.717) is 24.1 Å². The zero-order chi connectivity index (χ0) is 14.5. The Morgan fingerprint density at radius 1 is 1.33 bits per heavy atom. The number of carbonyl (C=O) groups excluding carboxylic acids is 1. The van der Waals surface area contributed by atoms with E-state index in [-0.39, 0.29) is 35.2 Å². The molecule has 0 saturated carbocycles.